The highest BCUT2D eigenvalue weighted by Gasteiger charge is 2.21. The zero-order valence-electron chi connectivity index (χ0n) is 16.3. The Morgan fingerprint density at radius 1 is 1.10 bits per heavy atom. The number of anilines is 1. The third-order valence-electron chi connectivity index (χ3n) is 3.86. The first-order valence-electron chi connectivity index (χ1n) is 8.41. The molecule has 2 heterocycles. The maximum atomic E-state index is 12.7. The first-order valence-corrected chi connectivity index (χ1v) is 10.1. The lowest BCUT2D eigenvalue weighted by Crippen LogP contribution is -2.20. The SMILES string of the molecule is COC(=O)c1ccccc1CS(=O)(=O)Nc1nncn1-c1nc(OC)cc(OC)n1. The molecule has 0 spiro atoms. The second-order valence-electron chi connectivity index (χ2n) is 5.79. The number of sulfonamides is 1. The number of carbonyl (C=O) groups is 1. The lowest BCUT2D eigenvalue weighted by atomic mass is 10.1. The number of methoxy groups -OCH3 is 3. The molecule has 0 unspecified atom stereocenters. The number of hydrogen-bond donors (Lipinski definition) is 1. The zero-order chi connectivity index (χ0) is 21.7. The van der Waals surface area contributed by atoms with Crippen LogP contribution in [0.2, 0.25) is 0 Å². The Morgan fingerprint density at radius 2 is 1.77 bits per heavy atom. The first kappa shape index (κ1) is 21.0. The number of nitrogens with one attached hydrogen (secondary N) is 1. The average molecular weight is 434 g/mol. The van der Waals surface area contributed by atoms with Crippen LogP contribution in [0.4, 0.5) is 5.95 Å². The zero-order valence-corrected chi connectivity index (χ0v) is 17.1. The van der Waals surface area contributed by atoms with Gasteiger partial charge in [-0.15, -0.1) is 10.2 Å². The number of benzene rings is 1. The maximum Gasteiger partial charge on any atom is 0.338 e. The first-order chi connectivity index (χ1) is 14.4. The average Bonchev–Trinajstić information content (AvgIpc) is 3.20. The Morgan fingerprint density at radius 3 is 2.40 bits per heavy atom. The van der Waals surface area contributed by atoms with Crippen molar-refractivity contribution in [1.82, 2.24) is 24.7 Å². The highest BCUT2D eigenvalue weighted by Crippen LogP contribution is 2.20. The van der Waals surface area contributed by atoms with Crippen molar-refractivity contribution in [1.29, 1.82) is 0 Å². The van der Waals surface area contributed by atoms with Gasteiger partial charge in [-0.1, -0.05) is 18.2 Å². The van der Waals surface area contributed by atoms with Crippen molar-refractivity contribution in [2.24, 2.45) is 0 Å². The van der Waals surface area contributed by atoms with Crippen molar-refractivity contribution >= 4 is 21.9 Å². The number of hydrogen-bond acceptors (Lipinski definition) is 10. The molecule has 13 heteroatoms. The predicted molar refractivity (Wildman–Crippen MR) is 104 cm³/mol. The van der Waals surface area contributed by atoms with Crippen LogP contribution in [-0.4, -0.2) is 60.4 Å². The fraction of sp³-hybridized carbons (Fsp3) is 0.235. The highest BCUT2D eigenvalue weighted by atomic mass is 32.2. The summed E-state index contributed by atoms with van der Waals surface area (Å²) in [6, 6.07) is 7.69. The van der Waals surface area contributed by atoms with Crippen LogP contribution < -0.4 is 14.2 Å². The van der Waals surface area contributed by atoms with Gasteiger partial charge >= 0.3 is 5.97 Å². The predicted octanol–water partition coefficient (Wildman–Crippen LogP) is 0.803. The van der Waals surface area contributed by atoms with Gasteiger partial charge in [0.15, 0.2) is 0 Å². The normalized spacial score (nSPS) is 11.0. The monoisotopic (exact) mass is 434 g/mol. The Bertz CT molecular complexity index is 1140. The molecule has 0 aliphatic carbocycles. The van der Waals surface area contributed by atoms with Crippen molar-refractivity contribution < 1.29 is 27.4 Å². The molecule has 0 saturated heterocycles. The summed E-state index contributed by atoms with van der Waals surface area (Å²) in [7, 11) is 0.0696. The Balaban J connectivity index is 1.90. The Kier molecular flexibility index (Phi) is 6.11. The van der Waals surface area contributed by atoms with E-state index in [1.807, 2.05) is 0 Å². The Hall–Kier alpha value is -3.74. The topological polar surface area (TPSA) is 147 Å². The van der Waals surface area contributed by atoms with E-state index < -0.39 is 21.7 Å². The molecule has 1 aromatic carbocycles. The minimum atomic E-state index is -3.98. The number of carbonyl (C=O) groups excluding carboxylic acids is 1. The molecule has 0 aliphatic rings. The van der Waals surface area contributed by atoms with Gasteiger partial charge < -0.3 is 14.2 Å². The van der Waals surface area contributed by atoms with Crippen molar-refractivity contribution in [3.63, 3.8) is 0 Å². The number of rotatable bonds is 8. The van der Waals surface area contributed by atoms with Crippen LogP contribution in [0.5, 0.6) is 11.8 Å². The molecule has 0 bridgehead atoms. The molecule has 158 valence electrons. The van der Waals surface area contributed by atoms with E-state index in [1.54, 1.807) is 12.1 Å². The van der Waals surface area contributed by atoms with Gasteiger partial charge in [0.05, 0.1) is 38.7 Å². The van der Waals surface area contributed by atoms with Crippen molar-refractivity contribution in [2.45, 2.75) is 5.75 Å². The highest BCUT2D eigenvalue weighted by molar-refractivity contribution is 7.91. The summed E-state index contributed by atoms with van der Waals surface area (Å²) in [6.45, 7) is 0. The summed E-state index contributed by atoms with van der Waals surface area (Å²) in [5.41, 5.74) is 0.412. The van der Waals surface area contributed by atoms with E-state index in [0.717, 1.165) is 0 Å². The number of esters is 1. The molecule has 0 fully saturated rings. The van der Waals surface area contributed by atoms with Gasteiger partial charge in [-0.2, -0.15) is 9.97 Å². The second-order valence-corrected chi connectivity index (χ2v) is 7.51. The molecule has 3 rings (SSSR count). The second kappa shape index (κ2) is 8.73. The minimum absolute atomic E-state index is 0.0314. The van der Waals surface area contributed by atoms with Gasteiger partial charge in [-0.25, -0.2) is 17.8 Å². The van der Waals surface area contributed by atoms with Crippen LogP contribution in [0.15, 0.2) is 36.7 Å². The van der Waals surface area contributed by atoms with E-state index in [4.69, 9.17) is 14.2 Å². The van der Waals surface area contributed by atoms with Crippen LogP contribution in [0.1, 0.15) is 15.9 Å². The van der Waals surface area contributed by atoms with Crippen molar-refractivity contribution in [2.75, 3.05) is 26.1 Å². The number of nitrogens with zero attached hydrogens (tertiary/aromatic N) is 5. The lowest BCUT2D eigenvalue weighted by molar-refractivity contribution is 0.0600. The molecule has 1 N–H and O–H groups in total. The summed E-state index contributed by atoms with van der Waals surface area (Å²) in [6.07, 6.45) is 1.23. The van der Waals surface area contributed by atoms with E-state index in [0.29, 0.717) is 0 Å². The van der Waals surface area contributed by atoms with Crippen molar-refractivity contribution in [3.8, 4) is 17.7 Å². The number of aromatic nitrogens is 5. The molecule has 12 nitrogen and oxygen atoms in total. The van der Waals surface area contributed by atoms with Gasteiger partial charge in [0, 0.05) is 0 Å². The largest absolute Gasteiger partial charge is 0.481 e. The summed E-state index contributed by atoms with van der Waals surface area (Å²) in [5, 5.41) is 7.48. The van der Waals surface area contributed by atoms with Crippen LogP contribution in [0.3, 0.4) is 0 Å². The molecule has 0 radical (unpaired) electrons. The van der Waals surface area contributed by atoms with Crippen LogP contribution in [-0.2, 0) is 20.5 Å². The summed E-state index contributed by atoms with van der Waals surface area (Å²) >= 11 is 0. The molecule has 0 saturated carbocycles. The minimum Gasteiger partial charge on any atom is -0.481 e. The third-order valence-corrected chi connectivity index (χ3v) is 5.05. The molecule has 0 atom stereocenters. The molecular formula is C17H18N6O6S. The molecule has 0 aliphatic heterocycles. The third kappa shape index (κ3) is 4.63. The number of ether oxygens (including phenoxy) is 3. The van der Waals surface area contributed by atoms with E-state index in [2.05, 4.69) is 24.9 Å². The summed E-state index contributed by atoms with van der Waals surface area (Å²) in [4.78, 5) is 20.2. The van der Waals surface area contributed by atoms with Gasteiger partial charge in [0.2, 0.25) is 33.7 Å². The van der Waals surface area contributed by atoms with Crippen LogP contribution >= 0.6 is 0 Å². The van der Waals surface area contributed by atoms with Gasteiger partial charge in [-0.05, 0) is 11.6 Å². The smallest absolute Gasteiger partial charge is 0.338 e. The molecular weight excluding hydrogens is 416 g/mol. The van der Waals surface area contributed by atoms with Crippen LogP contribution in [0.25, 0.3) is 5.95 Å². The van der Waals surface area contributed by atoms with E-state index >= 15 is 0 Å². The maximum absolute atomic E-state index is 12.7. The molecule has 3 aromatic rings. The lowest BCUT2D eigenvalue weighted by Gasteiger charge is -2.11. The van der Waals surface area contributed by atoms with E-state index in [1.165, 1.54) is 50.4 Å². The van der Waals surface area contributed by atoms with Crippen LogP contribution in [0, 0.1) is 0 Å². The fourth-order valence-corrected chi connectivity index (χ4v) is 3.65. The molecule has 30 heavy (non-hydrogen) atoms. The van der Waals surface area contributed by atoms with Crippen molar-refractivity contribution in [3.05, 3.63) is 47.8 Å². The standard InChI is InChI=1S/C17H18N6O6S/c1-27-13-8-14(28-2)20-16(19-13)23-10-18-21-17(23)22-30(25,26)9-11-6-4-5-7-12(11)15(24)29-3/h4-8,10H,9H2,1-3H3,(H,21,22). The molecule has 2 aromatic heterocycles. The molecule has 0 amide bonds. The van der Waals surface area contributed by atoms with E-state index in [-0.39, 0.29) is 34.8 Å². The van der Waals surface area contributed by atoms with Gasteiger partial charge in [-0.3, -0.25) is 4.72 Å². The van der Waals surface area contributed by atoms with E-state index in [9.17, 15) is 13.2 Å². The van der Waals surface area contributed by atoms with Gasteiger partial charge in [0.1, 0.15) is 6.33 Å². The quantitative estimate of drug-likeness (QED) is 0.505. The summed E-state index contributed by atoms with van der Waals surface area (Å²) in [5.74, 6) is -0.851. The van der Waals surface area contributed by atoms with Gasteiger partial charge in [0.25, 0.3) is 0 Å². The summed E-state index contributed by atoms with van der Waals surface area (Å²) < 4.78 is 43.9. The fourth-order valence-electron chi connectivity index (χ4n) is 2.50. The Labute approximate surface area is 171 Å².